The lowest BCUT2D eigenvalue weighted by Crippen LogP contribution is -1.97. The van der Waals surface area contributed by atoms with Gasteiger partial charge in [0.2, 0.25) is 0 Å². The summed E-state index contributed by atoms with van der Waals surface area (Å²) in [5, 5.41) is 8.73. The monoisotopic (exact) mass is 220 g/mol. The SMILES string of the molecule is CC1=C(CC(=O)O)c2cc(F)ccc2C1=O. The Balaban J connectivity index is 2.58. The Morgan fingerprint density at radius 1 is 1.38 bits per heavy atom. The van der Waals surface area contributed by atoms with Crippen LogP contribution in [0, 0.1) is 5.82 Å². The molecule has 0 atom stereocenters. The van der Waals surface area contributed by atoms with Gasteiger partial charge in [0.15, 0.2) is 5.78 Å². The molecule has 0 radical (unpaired) electrons. The molecular formula is C12H9FO3. The molecule has 0 saturated heterocycles. The number of carbonyl (C=O) groups excluding carboxylic acids is 1. The lowest BCUT2D eigenvalue weighted by Gasteiger charge is -2.02. The Morgan fingerprint density at radius 2 is 2.06 bits per heavy atom. The highest BCUT2D eigenvalue weighted by Crippen LogP contribution is 2.35. The van der Waals surface area contributed by atoms with Crippen molar-refractivity contribution in [3.8, 4) is 0 Å². The molecule has 0 spiro atoms. The Morgan fingerprint density at radius 3 is 2.69 bits per heavy atom. The summed E-state index contributed by atoms with van der Waals surface area (Å²) in [7, 11) is 0. The van der Waals surface area contributed by atoms with Gasteiger partial charge >= 0.3 is 5.97 Å². The van der Waals surface area contributed by atoms with Gasteiger partial charge in [-0.25, -0.2) is 4.39 Å². The minimum absolute atomic E-state index is 0.216. The van der Waals surface area contributed by atoms with Crippen molar-refractivity contribution in [3.63, 3.8) is 0 Å². The number of halogens is 1. The molecule has 1 aromatic carbocycles. The molecule has 16 heavy (non-hydrogen) atoms. The second kappa shape index (κ2) is 3.56. The number of hydrogen-bond donors (Lipinski definition) is 1. The molecule has 0 aliphatic heterocycles. The van der Waals surface area contributed by atoms with E-state index in [4.69, 9.17) is 5.11 Å². The van der Waals surface area contributed by atoms with E-state index in [1.165, 1.54) is 18.2 Å². The fourth-order valence-corrected chi connectivity index (χ4v) is 1.88. The summed E-state index contributed by atoms with van der Waals surface area (Å²) >= 11 is 0. The number of rotatable bonds is 2. The van der Waals surface area contributed by atoms with Crippen LogP contribution in [0.15, 0.2) is 23.8 Å². The Hall–Kier alpha value is -1.97. The average molecular weight is 220 g/mol. The molecule has 2 rings (SSSR count). The maximum atomic E-state index is 13.0. The first-order chi connectivity index (χ1) is 7.50. The van der Waals surface area contributed by atoms with Crippen LogP contribution in [0.3, 0.4) is 0 Å². The molecule has 0 saturated carbocycles. The first kappa shape index (κ1) is 10.5. The van der Waals surface area contributed by atoms with Crippen LogP contribution in [-0.4, -0.2) is 16.9 Å². The predicted octanol–water partition coefficient (Wildman–Crippen LogP) is 2.27. The van der Waals surface area contributed by atoms with Crippen molar-refractivity contribution in [2.75, 3.05) is 0 Å². The third-order valence-electron chi connectivity index (χ3n) is 2.67. The summed E-state index contributed by atoms with van der Waals surface area (Å²) in [6, 6.07) is 3.81. The summed E-state index contributed by atoms with van der Waals surface area (Å²) in [5.41, 5.74) is 1.59. The van der Waals surface area contributed by atoms with Gasteiger partial charge in [0.05, 0.1) is 6.42 Å². The predicted molar refractivity (Wildman–Crippen MR) is 55.6 cm³/mol. The van der Waals surface area contributed by atoms with Crippen molar-refractivity contribution in [1.29, 1.82) is 0 Å². The molecule has 1 aliphatic carbocycles. The van der Waals surface area contributed by atoms with E-state index in [0.29, 0.717) is 22.3 Å². The topological polar surface area (TPSA) is 54.4 Å². The standard InChI is InChI=1S/C12H9FO3/c1-6-9(5-11(14)15)10-4-7(13)2-3-8(10)12(6)16/h2-4H,5H2,1H3,(H,14,15). The largest absolute Gasteiger partial charge is 0.481 e. The van der Waals surface area contributed by atoms with Gasteiger partial charge in [-0.3, -0.25) is 9.59 Å². The molecule has 0 unspecified atom stereocenters. The van der Waals surface area contributed by atoms with Gasteiger partial charge in [-0.1, -0.05) is 0 Å². The Kier molecular flexibility index (Phi) is 2.34. The first-order valence-corrected chi connectivity index (χ1v) is 4.77. The number of benzene rings is 1. The normalized spacial score (nSPS) is 14.2. The van der Waals surface area contributed by atoms with E-state index in [1.54, 1.807) is 6.92 Å². The van der Waals surface area contributed by atoms with E-state index in [1.807, 2.05) is 0 Å². The first-order valence-electron chi connectivity index (χ1n) is 4.77. The van der Waals surface area contributed by atoms with E-state index < -0.39 is 11.8 Å². The number of carbonyl (C=O) groups is 2. The van der Waals surface area contributed by atoms with Crippen molar-refractivity contribution in [3.05, 3.63) is 40.7 Å². The van der Waals surface area contributed by atoms with Gasteiger partial charge in [-0.15, -0.1) is 0 Å². The molecular weight excluding hydrogens is 211 g/mol. The fourth-order valence-electron chi connectivity index (χ4n) is 1.88. The van der Waals surface area contributed by atoms with Crippen molar-refractivity contribution in [2.24, 2.45) is 0 Å². The van der Waals surface area contributed by atoms with Gasteiger partial charge in [0, 0.05) is 11.1 Å². The van der Waals surface area contributed by atoms with Crippen LogP contribution in [-0.2, 0) is 4.79 Å². The number of carboxylic acid groups (broad SMARTS) is 1. The summed E-state index contributed by atoms with van der Waals surface area (Å²) < 4.78 is 13.0. The van der Waals surface area contributed by atoms with E-state index in [-0.39, 0.29) is 12.2 Å². The second-order valence-corrected chi connectivity index (χ2v) is 3.69. The zero-order valence-corrected chi connectivity index (χ0v) is 8.58. The van der Waals surface area contributed by atoms with Crippen molar-refractivity contribution in [2.45, 2.75) is 13.3 Å². The van der Waals surface area contributed by atoms with Crippen LogP contribution in [0.4, 0.5) is 4.39 Å². The smallest absolute Gasteiger partial charge is 0.307 e. The van der Waals surface area contributed by atoms with Gasteiger partial charge in [-0.2, -0.15) is 0 Å². The van der Waals surface area contributed by atoms with Gasteiger partial charge in [-0.05, 0) is 36.3 Å². The number of ketones is 1. The number of aliphatic carboxylic acids is 1. The number of hydrogen-bond acceptors (Lipinski definition) is 2. The van der Waals surface area contributed by atoms with Crippen LogP contribution < -0.4 is 0 Å². The van der Waals surface area contributed by atoms with Crippen LogP contribution in [0.5, 0.6) is 0 Å². The van der Waals surface area contributed by atoms with Crippen LogP contribution in [0.25, 0.3) is 5.57 Å². The molecule has 0 amide bonds. The summed E-state index contributed by atoms with van der Waals surface area (Å²) in [5.74, 6) is -1.71. The summed E-state index contributed by atoms with van der Waals surface area (Å²) in [4.78, 5) is 22.4. The lowest BCUT2D eigenvalue weighted by molar-refractivity contribution is -0.135. The minimum atomic E-state index is -1.03. The number of fused-ring (bicyclic) bond motifs is 1. The summed E-state index contributed by atoms with van der Waals surface area (Å²) in [6.45, 7) is 1.57. The third kappa shape index (κ3) is 1.52. The zero-order valence-electron chi connectivity index (χ0n) is 8.58. The van der Waals surface area contributed by atoms with Crippen LogP contribution >= 0.6 is 0 Å². The Bertz CT molecular complexity index is 529. The zero-order chi connectivity index (χ0) is 11.9. The molecule has 1 aliphatic rings. The number of Topliss-reactive ketones (excluding diaryl/α,β-unsaturated/α-hetero) is 1. The highest BCUT2D eigenvalue weighted by Gasteiger charge is 2.27. The molecule has 0 bridgehead atoms. The number of allylic oxidation sites excluding steroid dienone is 1. The second-order valence-electron chi connectivity index (χ2n) is 3.69. The van der Waals surface area contributed by atoms with Crippen molar-refractivity contribution in [1.82, 2.24) is 0 Å². The molecule has 0 fully saturated rings. The molecule has 1 aromatic rings. The quantitative estimate of drug-likeness (QED) is 0.831. The van der Waals surface area contributed by atoms with Gasteiger partial charge in [0.1, 0.15) is 5.82 Å². The van der Waals surface area contributed by atoms with E-state index in [0.717, 1.165) is 0 Å². The minimum Gasteiger partial charge on any atom is -0.481 e. The lowest BCUT2D eigenvalue weighted by atomic mass is 10.0. The van der Waals surface area contributed by atoms with E-state index in [9.17, 15) is 14.0 Å². The molecule has 4 heteroatoms. The number of carboxylic acids is 1. The van der Waals surface area contributed by atoms with Gasteiger partial charge < -0.3 is 5.11 Å². The molecule has 0 heterocycles. The van der Waals surface area contributed by atoms with Crippen LogP contribution in [0.2, 0.25) is 0 Å². The molecule has 82 valence electrons. The fraction of sp³-hybridized carbons (Fsp3) is 0.167. The molecule has 0 aromatic heterocycles. The average Bonchev–Trinajstić information content (AvgIpc) is 2.43. The molecule has 1 N–H and O–H groups in total. The maximum absolute atomic E-state index is 13.0. The van der Waals surface area contributed by atoms with Gasteiger partial charge in [0.25, 0.3) is 0 Å². The maximum Gasteiger partial charge on any atom is 0.307 e. The Labute approximate surface area is 91.2 Å². The van der Waals surface area contributed by atoms with E-state index >= 15 is 0 Å². The highest BCUT2D eigenvalue weighted by atomic mass is 19.1. The molecule has 3 nitrogen and oxygen atoms in total. The summed E-state index contributed by atoms with van der Waals surface area (Å²) in [6.07, 6.45) is -0.256. The highest BCUT2D eigenvalue weighted by molar-refractivity contribution is 6.21. The van der Waals surface area contributed by atoms with Crippen molar-refractivity contribution >= 4 is 17.3 Å². The third-order valence-corrected chi connectivity index (χ3v) is 2.67. The van der Waals surface area contributed by atoms with Crippen LogP contribution in [0.1, 0.15) is 29.3 Å². The van der Waals surface area contributed by atoms with Crippen molar-refractivity contribution < 1.29 is 19.1 Å². The van der Waals surface area contributed by atoms with E-state index in [2.05, 4.69) is 0 Å².